The Morgan fingerprint density at radius 2 is 1.89 bits per heavy atom. The van der Waals surface area contributed by atoms with E-state index in [1.165, 1.54) is 35.2 Å². The van der Waals surface area contributed by atoms with Gasteiger partial charge in [0.25, 0.3) is 0 Å². The average Bonchev–Trinajstić information content (AvgIpc) is 3.16. The first kappa shape index (κ1) is 25.2. The van der Waals surface area contributed by atoms with Gasteiger partial charge >= 0.3 is 0 Å². The molecule has 0 fully saturated rings. The summed E-state index contributed by atoms with van der Waals surface area (Å²) < 4.78 is 7.89. The van der Waals surface area contributed by atoms with E-state index in [9.17, 15) is 4.79 Å². The topological polar surface area (TPSA) is 57.0 Å². The summed E-state index contributed by atoms with van der Waals surface area (Å²) in [5, 5.41) is 4.70. The van der Waals surface area contributed by atoms with E-state index >= 15 is 0 Å². The zero-order valence-corrected chi connectivity index (χ0v) is 21.9. The third-order valence-corrected chi connectivity index (χ3v) is 6.94. The molecule has 1 aromatic carbocycles. The molecule has 5 nitrogen and oxygen atoms in total. The molecule has 0 aliphatic heterocycles. The first-order valence-corrected chi connectivity index (χ1v) is 12.9. The quantitative estimate of drug-likeness (QED) is 0.387. The van der Waals surface area contributed by atoms with Crippen LogP contribution in [0.2, 0.25) is 0 Å². The molecule has 0 amide bonds. The summed E-state index contributed by atoms with van der Waals surface area (Å²) >= 11 is 0. The normalized spacial score (nSPS) is 14.4. The van der Waals surface area contributed by atoms with E-state index in [-0.39, 0.29) is 17.1 Å². The highest BCUT2D eigenvalue weighted by Crippen LogP contribution is 2.30. The minimum Gasteiger partial charge on any atom is -0.477 e. The minimum absolute atomic E-state index is 0.0652. The van der Waals surface area contributed by atoms with E-state index in [4.69, 9.17) is 14.8 Å². The number of ketones is 1. The Labute approximate surface area is 209 Å². The standard InChI is InChI=1S/C30H39N3O2/c1-21(34)17-24(23-10-8-11-25(18-23)30(2,3)4)19-27-20-29(33(5)32-27)35-16-15-26-14-13-22-9-6-7-12-28(22)31-26/h8,10-11,13-14,18,20,24H,6-7,9,12,15-17,19H2,1-5H3. The van der Waals surface area contributed by atoms with Crippen LogP contribution in [0.5, 0.6) is 5.88 Å². The molecular weight excluding hydrogens is 434 g/mol. The molecule has 1 unspecified atom stereocenters. The maximum absolute atomic E-state index is 12.1. The van der Waals surface area contributed by atoms with Gasteiger partial charge in [0, 0.05) is 37.3 Å². The Bertz CT molecular complexity index is 1170. The summed E-state index contributed by atoms with van der Waals surface area (Å²) in [6.45, 7) is 8.88. The summed E-state index contributed by atoms with van der Waals surface area (Å²) in [5.74, 6) is 1.04. The highest BCUT2D eigenvalue weighted by atomic mass is 16.5. The van der Waals surface area contributed by atoms with E-state index in [1.807, 2.05) is 13.1 Å². The van der Waals surface area contributed by atoms with Crippen molar-refractivity contribution in [3.8, 4) is 5.88 Å². The predicted octanol–water partition coefficient (Wildman–Crippen LogP) is 5.92. The Morgan fingerprint density at radius 3 is 2.66 bits per heavy atom. The van der Waals surface area contributed by atoms with Crippen molar-refractivity contribution >= 4 is 5.78 Å². The number of aryl methyl sites for hydroxylation is 3. The van der Waals surface area contributed by atoms with Crippen LogP contribution in [0.15, 0.2) is 42.5 Å². The van der Waals surface area contributed by atoms with Gasteiger partial charge in [0.15, 0.2) is 0 Å². The summed E-state index contributed by atoms with van der Waals surface area (Å²) in [4.78, 5) is 16.9. The highest BCUT2D eigenvalue weighted by molar-refractivity contribution is 5.76. The Hall–Kier alpha value is -2.95. The summed E-state index contributed by atoms with van der Waals surface area (Å²) in [6, 6.07) is 15.0. The monoisotopic (exact) mass is 473 g/mol. The molecule has 0 spiro atoms. The molecule has 0 bridgehead atoms. The molecule has 5 heteroatoms. The molecule has 2 aromatic heterocycles. The molecular formula is C30H39N3O2. The van der Waals surface area contributed by atoms with Crippen LogP contribution in [0, 0.1) is 0 Å². The maximum Gasteiger partial charge on any atom is 0.211 e. The number of hydrogen-bond donors (Lipinski definition) is 0. The van der Waals surface area contributed by atoms with Crippen LogP contribution in [0.3, 0.4) is 0 Å². The van der Waals surface area contributed by atoms with Crippen LogP contribution in [-0.2, 0) is 42.9 Å². The van der Waals surface area contributed by atoms with Gasteiger partial charge in [-0.15, -0.1) is 0 Å². The number of ether oxygens (including phenoxy) is 1. The second-order valence-electron chi connectivity index (χ2n) is 11.0. The zero-order chi connectivity index (χ0) is 25.0. The molecule has 2 heterocycles. The van der Waals surface area contributed by atoms with Crippen LogP contribution in [0.4, 0.5) is 0 Å². The lowest BCUT2D eigenvalue weighted by molar-refractivity contribution is -0.117. The lowest BCUT2D eigenvalue weighted by Crippen LogP contribution is -2.13. The summed E-state index contributed by atoms with van der Waals surface area (Å²) in [6.07, 6.45) is 6.75. The van der Waals surface area contributed by atoms with Crippen molar-refractivity contribution < 1.29 is 9.53 Å². The number of rotatable bonds is 9. The average molecular weight is 474 g/mol. The fourth-order valence-electron chi connectivity index (χ4n) is 4.93. The van der Waals surface area contributed by atoms with Crippen LogP contribution in [0.1, 0.15) is 86.6 Å². The van der Waals surface area contributed by atoms with Crippen LogP contribution in [-0.4, -0.2) is 27.2 Å². The van der Waals surface area contributed by atoms with Crippen LogP contribution in [0.25, 0.3) is 0 Å². The van der Waals surface area contributed by atoms with Crippen molar-refractivity contribution in [3.05, 3.63) is 76.2 Å². The maximum atomic E-state index is 12.1. The van der Waals surface area contributed by atoms with Gasteiger partial charge in [-0.25, -0.2) is 4.68 Å². The molecule has 0 saturated carbocycles. The second-order valence-corrected chi connectivity index (χ2v) is 11.0. The van der Waals surface area contributed by atoms with E-state index in [1.54, 1.807) is 11.6 Å². The third-order valence-electron chi connectivity index (χ3n) is 6.94. The summed E-state index contributed by atoms with van der Waals surface area (Å²) in [7, 11) is 1.91. The predicted molar refractivity (Wildman–Crippen MR) is 140 cm³/mol. The van der Waals surface area contributed by atoms with Crippen LogP contribution < -0.4 is 4.74 Å². The highest BCUT2D eigenvalue weighted by Gasteiger charge is 2.21. The van der Waals surface area contributed by atoms with Gasteiger partial charge in [-0.1, -0.05) is 51.1 Å². The fourth-order valence-corrected chi connectivity index (χ4v) is 4.93. The van der Waals surface area contributed by atoms with Gasteiger partial charge in [0.05, 0.1) is 12.3 Å². The van der Waals surface area contributed by atoms with E-state index in [0.29, 0.717) is 19.4 Å². The van der Waals surface area contributed by atoms with Gasteiger partial charge in [-0.2, -0.15) is 5.10 Å². The molecule has 1 aliphatic rings. The number of benzene rings is 1. The Morgan fingerprint density at radius 1 is 1.09 bits per heavy atom. The first-order valence-electron chi connectivity index (χ1n) is 12.9. The molecule has 0 N–H and O–H groups in total. The largest absolute Gasteiger partial charge is 0.477 e. The molecule has 1 atom stereocenters. The molecule has 1 aliphatic carbocycles. The number of hydrogen-bond acceptors (Lipinski definition) is 4. The van der Waals surface area contributed by atoms with Crippen molar-refractivity contribution in [2.75, 3.05) is 6.61 Å². The third kappa shape index (κ3) is 6.59. The molecule has 186 valence electrons. The van der Waals surface area contributed by atoms with E-state index in [0.717, 1.165) is 36.5 Å². The number of nitrogens with zero attached hydrogens (tertiary/aromatic N) is 3. The van der Waals surface area contributed by atoms with Gasteiger partial charge in [-0.05, 0) is 73.1 Å². The number of carbonyl (C=O) groups is 1. The van der Waals surface area contributed by atoms with Gasteiger partial charge in [-0.3, -0.25) is 4.98 Å². The minimum atomic E-state index is 0.0652. The molecule has 4 rings (SSSR count). The van der Waals surface area contributed by atoms with Crippen molar-refractivity contribution in [2.45, 2.75) is 84.0 Å². The molecule has 35 heavy (non-hydrogen) atoms. The summed E-state index contributed by atoms with van der Waals surface area (Å²) in [5.41, 5.74) is 7.25. The molecule has 0 saturated heterocycles. The first-order chi connectivity index (χ1) is 16.7. The van der Waals surface area contributed by atoms with Crippen molar-refractivity contribution in [1.29, 1.82) is 0 Å². The van der Waals surface area contributed by atoms with Crippen molar-refractivity contribution in [3.63, 3.8) is 0 Å². The lowest BCUT2D eigenvalue weighted by atomic mass is 9.82. The van der Waals surface area contributed by atoms with Crippen molar-refractivity contribution in [2.24, 2.45) is 7.05 Å². The number of aromatic nitrogens is 3. The SMILES string of the molecule is CC(=O)CC(Cc1cc(OCCc2ccc3c(n2)CCCC3)n(C)n1)c1cccc(C(C)(C)C)c1. The number of pyridine rings is 1. The van der Waals surface area contributed by atoms with Gasteiger partial charge in [0.1, 0.15) is 5.78 Å². The molecule has 3 aromatic rings. The smallest absolute Gasteiger partial charge is 0.211 e. The zero-order valence-electron chi connectivity index (χ0n) is 21.9. The van der Waals surface area contributed by atoms with E-state index in [2.05, 4.69) is 57.2 Å². The lowest BCUT2D eigenvalue weighted by Gasteiger charge is -2.22. The Kier molecular flexibility index (Phi) is 7.73. The van der Waals surface area contributed by atoms with Gasteiger partial charge in [0.2, 0.25) is 5.88 Å². The number of carbonyl (C=O) groups excluding carboxylic acids is 1. The number of fused-ring (bicyclic) bond motifs is 1. The second kappa shape index (κ2) is 10.8. The van der Waals surface area contributed by atoms with Gasteiger partial charge < -0.3 is 9.53 Å². The Balaban J connectivity index is 1.42. The number of Topliss-reactive ketones (excluding diaryl/α,β-unsaturated/α-hetero) is 1. The fraction of sp³-hybridized carbons (Fsp3) is 0.500. The van der Waals surface area contributed by atoms with Crippen molar-refractivity contribution in [1.82, 2.24) is 14.8 Å². The van der Waals surface area contributed by atoms with Crippen LogP contribution >= 0.6 is 0 Å². The van der Waals surface area contributed by atoms with E-state index < -0.39 is 0 Å². The molecule has 0 radical (unpaired) electrons.